The molecule has 40 heavy (non-hydrogen) atoms. The normalized spacial score (nSPS) is 18.5. The summed E-state index contributed by atoms with van der Waals surface area (Å²) in [6, 6.07) is 0. The molecule has 0 bridgehead atoms. The maximum absolute atomic E-state index is 13.8. The largest absolute Gasteiger partial charge is 0.479 e. The van der Waals surface area contributed by atoms with E-state index in [-0.39, 0.29) is 41.2 Å². The average Bonchev–Trinajstić information content (AvgIpc) is 3.48. The lowest BCUT2D eigenvalue weighted by atomic mass is 9.97. The maximum atomic E-state index is 13.8. The molecule has 0 aliphatic carbocycles. The molecule has 0 radical (unpaired) electrons. The molecule has 1 aliphatic rings. The second-order valence-electron chi connectivity index (χ2n) is 10.5. The van der Waals surface area contributed by atoms with Crippen LogP contribution in [0.1, 0.15) is 70.3 Å². The van der Waals surface area contributed by atoms with Gasteiger partial charge in [-0.25, -0.2) is 18.4 Å². The van der Waals surface area contributed by atoms with Gasteiger partial charge in [0.1, 0.15) is 23.5 Å². The van der Waals surface area contributed by atoms with Crippen LogP contribution < -0.4 is 14.2 Å². The highest BCUT2D eigenvalue weighted by Gasteiger charge is 2.40. The van der Waals surface area contributed by atoms with Crippen molar-refractivity contribution < 1.29 is 27.4 Å². The number of aryl methyl sites for hydroxylation is 1. The predicted octanol–water partition coefficient (Wildman–Crippen LogP) is 2.75. The van der Waals surface area contributed by atoms with Crippen LogP contribution in [0.25, 0.3) is 5.69 Å². The molecule has 1 fully saturated rings. The summed E-state index contributed by atoms with van der Waals surface area (Å²) in [7, 11) is -1.27. The van der Waals surface area contributed by atoms with Crippen LogP contribution >= 0.6 is 0 Å². The van der Waals surface area contributed by atoms with Crippen molar-refractivity contribution in [3.8, 4) is 17.4 Å². The Morgan fingerprint density at radius 1 is 1.05 bits per heavy atom. The fourth-order valence-electron chi connectivity index (χ4n) is 4.50. The van der Waals surface area contributed by atoms with Crippen molar-refractivity contribution in [2.24, 2.45) is 0 Å². The summed E-state index contributed by atoms with van der Waals surface area (Å²) in [5.41, 5.74) is 0.694. The van der Waals surface area contributed by atoms with E-state index in [0.717, 1.165) is 5.56 Å². The fraction of sp³-hybridized carbons (Fsp3) is 0.600. The van der Waals surface area contributed by atoms with Gasteiger partial charge in [-0.15, -0.1) is 10.2 Å². The molecule has 14 nitrogen and oxygen atoms in total. The van der Waals surface area contributed by atoms with Gasteiger partial charge in [0.15, 0.2) is 11.5 Å². The van der Waals surface area contributed by atoms with Gasteiger partial charge in [-0.05, 0) is 53.5 Å². The Hall–Kier alpha value is -3.43. The zero-order valence-corrected chi connectivity index (χ0v) is 24.8. The molecular weight excluding hydrogens is 540 g/mol. The summed E-state index contributed by atoms with van der Waals surface area (Å²) < 4.78 is 54.7. The van der Waals surface area contributed by atoms with Crippen LogP contribution in [-0.2, 0) is 19.5 Å². The molecule has 1 saturated heterocycles. The lowest BCUT2D eigenvalue weighted by Gasteiger charge is -2.25. The van der Waals surface area contributed by atoms with Crippen molar-refractivity contribution >= 4 is 16.0 Å². The van der Waals surface area contributed by atoms with Gasteiger partial charge in [-0.3, -0.25) is 9.29 Å². The van der Waals surface area contributed by atoms with Crippen LogP contribution in [0.3, 0.4) is 0 Å². The summed E-state index contributed by atoms with van der Waals surface area (Å²) >= 11 is 0. The molecular formula is C25H36N8O6S. The van der Waals surface area contributed by atoms with E-state index >= 15 is 0 Å². The van der Waals surface area contributed by atoms with Crippen molar-refractivity contribution in [1.82, 2.24) is 34.7 Å². The van der Waals surface area contributed by atoms with Gasteiger partial charge in [-0.2, -0.15) is 9.97 Å². The highest BCUT2D eigenvalue weighted by Crippen LogP contribution is 2.40. The molecule has 2 unspecified atom stereocenters. The molecule has 4 heterocycles. The highest BCUT2D eigenvalue weighted by atomic mass is 32.2. The van der Waals surface area contributed by atoms with Crippen LogP contribution in [0, 0.1) is 6.92 Å². The third-order valence-electron chi connectivity index (χ3n) is 6.46. The number of nitrogens with zero attached hydrogens (tertiary/aromatic N) is 7. The number of methoxy groups -OCH3 is 2. The molecule has 1 N–H and O–H groups in total. The van der Waals surface area contributed by atoms with E-state index in [1.54, 1.807) is 12.4 Å². The standard InChI is InChI=1S/C25H36N8O6S/c1-14(2)39-19(20-26-10-15(3)11-27-20)16(4)40(34,35)32-24-31-30-21(17-9-25(5,6)38-12-17)33(24)18-22(36-7)28-13-29-23(18)37-8/h10-11,13-14,16-17,19H,9,12H2,1-8H3,(H,31,32)/t16?,17-,19?/m1/s1. The molecule has 1 aliphatic heterocycles. The van der Waals surface area contributed by atoms with Crippen LogP contribution in [0.4, 0.5) is 5.95 Å². The number of ether oxygens (including phenoxy) is 4. The molecule has 218 valence electrons. The first kappa shape index (κ1) is 29.6. The first-order chi connectivity index (χ1) is 18.9. The Labute approximate surface area is 233 Å². The van der Waals surface area contributed by atoms with Crippen LogP contribution in [-0.4, -0.2) is 80.9 Å². The highest BCUT2D eigenvalue weighted by molar-refractivity contribution is 7.93. The predicted molar refractivity (Wildman–Crippen MR) is 145 cm³/mol. The Bertz CT molecular complexity index is 1410. The Kier molecular flexibility index (Phi) is 8.56. The van der Waals surface area contributed by atoms with Crippen molar-refractivity contribution in [1.29, 1.82) is 0 Å². The van der Waals surface area contributed by atoms with Gasteiger partial charge in [0.05, 0.1) is 32.5 Å². The van der Waals surface area contributed by atoms with E-state index in [1.807, 2.05) is 34.6 Å². The molecule has 15 heteroatoms. The Morgan fingerprint density at radius 2 is 1.68 bits per heavy atom. The monoisotopic (exact) mass is 576 g/mol. The van der Waals surface area contributed by atoms with E-state index in [9.17, 15) is 8.42 Å². The zero-order valence-electron chi connectivity index (χ0n) is 23.9. The number of hydrogen-bond donors (Lipinski definition) is 1. The third-order valence-corrected chi connectivity index (χ3v) is 8.15. The van der Waals surface area contributed by atoms with Gasteiger partial charge in [0.25, 0.3) is 0 Å². The van der Waals surface area contributed by atoms with Gasteiger partial charge >= 0.3 is 0 Å². The molecule has 3 aromatic heterocycles. The van der Waals surface area contributed by atoms with E-state index in [1.165, 1.54) is 32.0 Å². The Morgan fingerprint density at radius 3 is 2.20 bits per heavy atom. The minimum absolute atomic E-state index is 0.0916. The van der Waals surface area contributed by atoms with Crippen LogP contribution in [0.15, 0.2) is 18.7 Å². The number of nitrogens with one attached hydrogen (secondary N) is 1. The fourth-order valence-corrected chi connectivity index (χ4v) is 5.58. The molecule has 0 amide bonds. The van der Waals surface area contributed by atoms with Crippen LogP contribution in [0.2, 0.25) is 0 Å². The van der Waals surface area contributed by atoms with Crippen molar-refractivity contribution in [2.45, 2.75) is 76.9 Å². The summed E-state index contributed by atoms with van der Waals surface area (Å²) in [5.74, 6) is 0.697. The lowest BCUT2D eigenvalue weighted by molar-refractivity contribution is 0.00152. The number of aromatic nitrogens is 7. The summed E-state index contributed by atoms with van der Waals surface area (Å²) in [4.78, 5) is 17.1. The zero-order chi connectivity index (χ0) is 29.2. The minimum atomic E-state index is -4.15. The molecule has 0 spiro atoms. The minimum Gasteiger partial charge on any atom is -0.479 e. The van der Waals surface area contributed by atoms with Crippen molar-refractivity contribution in [2.75, 3.05) is 25.5 Å². The van der Waals surface area contributed by atoms with Gasteiger partial charge in [0, 0.05) is 18.3 Å². The first-order valence-electron chi connectivity index (χ1n) is 12.8. The van der Waals surface area contributed by atoms with Crippen LogP contribution in [0.5, 0.6) is 11.8 Å². The Balaban J connectivity index is 1.80. The number of hydrogen-bond acceptors (Lipinski definition) is 12. The lowest BCUT2D eigenvalue weighted by Crippen LogP contribution is -2.35. The quantitative estimate of drug-likeness (QED) is 0.355. The number of sulfonamides is 1. The van der Waals surface area contributed by atoms with E-state index in [2.05, 4.69) is 34.9 Å². The maximum Gasteiger partial charge on any atom is 0.245 e. The summed E-state index contributed by atoms with van der Waals surface area (Å²) in [6.07, 6.45) is 3.91. The summed E-state index contributed by atoms with van der Waals surface area (Å²) in [5, 5.41) is 7.50. The van der Waals surface area contributed by atoms with Gasteiger partial charge in [-0.1, -0.05) is 0 Å². The summed E-state index contributed by atoms with van der Waals surface area (Å²) in [6.45, 7) is 11.3. The molecule has 0 saturated carbocycles. The van der Waals surface area contributed by atoms with Crippen molar-refractivity contribution in [3.05, 3.63) is 35.9 Å². The number of anilines is 1. The van der Waals surface area contributed by atoms with Gasteiger partial charge < -0.3 is 18.9 Å². The van der Waals surface area contributed by atoms with E-state index in [4.69, 9.17) is 18.9 Å². The molecule has 0 aromatic carbocycles. The topological polar surface area (TPSA) is 165 Å². The third kappa shape index (κ3) is 6.15. The van der Waals surface area contributed by atoms with E-state index < -0.39 is 27.0 Å². The molecule has 4 rings (SSSR count). The second kappa shape index (κ2) is 11.6. The molecule has 3 aromatic rings. The molecule has 3 atom stereocenters. The first-order valence-corrected chi connectivity index (χ1v) is 14.4. The number of rotatable bonds is 11. The second-order valence-corrected chi connectivity index (χ2v) is 12.5. The SMILES string of the molecule is COc1ncnc(OC)c1-n1c(NS(=O)(=O)C(C)C(OC(C)C)c2ncc(C)cn2)nnc1[C@H]1COC(C)(C)C1. The average molecular weight is 577 g/mol. The van der Waals surface area contributed by atoms with Gasteiger partial charge in [0.2, 0.25) is 27.7 Å². The van der Waals surface area contributed by atoms with Crippen molar-refractivity contribution in [3.63, 3.8) is 0 Å². The van der Waals surface area contributed by atoms with E-state index in [0.29, 0.717) is 18.9 Å². The smallest absolute Gasteiger partial charge is 0.245 e.